The lowest BCUT2D eigenvalue weighted by Crippen LogP contribution is -2.36. The van der Waals surface area contributed by atoms with E-state index in [1.807, 2.05) is 0 Å². The molecule has 0 radical (unpaired) electrons. The Balaban J connectivity index is 2.68. The van der Waals surface area contributed by atoms with Gasteiger partial charge in [-0.25, -0.2) is 4.39 Å². The van der Waals surface area contributed by atoms with Crippen LogP contribution < -0.4 is 11.1 Å². The van der Waals surface area contributed by atoms with Gasteiger partial charge < -0.3 is 11.1 Å². The summed E-state index contributed by atoms with van der Waals surface area (Å²) < 4.78 is 25.2. The van der Waals surface area contributed by atoms with Gasteiger partial charge in [0.15, 0.2) is 0 Å². The van der Waals surface area contributed by atoms with Gasteiger partial charge in [-0.15, -0.1) is 0 Å². The molecule has 112 valence electrons. The molecule has 0 aromatic heterocycles. The van der Waals surface area contributed by atoms with Crippen molar-refractivity contribution in [3.05, 3.63) is 24.0 Å². The van der Waals surface area contributed by atoms with Crippen molar-refractivity contribution in [3.8, 4) is 0 Å². The maximum atomic E-state index is 13.0. The van der Waals surface area contributed by atoms with Crippen molar-refractivity contribution < 1.29 is 13.4 Å². The van der Waals surface area contributed by atoms with Gasteiger partial charge in [0.05, 0.1) is 21.4 Å². The molecule has 1 aromatic rings. The second-order valence-electron chi connectivity index (χ2n) is 5.10. The first-order chi connectivity index (χ1) is 9.32. The molecule has 0 bridgehead atoms. The summed E-state index contributed by atoms with van der Waals surface area (Å²) in [6.45, 7) is 6.25. The highest BCUT2D eigenvalue weighted by atomic mass is 32.2. The van der Waals surface area contributed by atoms with Gasteiger partial charge in [-0.05, 0) is 37.5 Å². The van der Waals surface area contributed by atoms with Gasteiger partial charge in [-0.1, -0.05) is 13.8 Å². The molecule has 1 aromatic carbocycles. The molecule has 0 aliphatic carbocycles. The van der Waals surface area contributed by atoms with Crippen LogP contribution in [0.3, 0.4) is 0 Å². The zero-order valence-electron chi connectivity index (χ0n) is 12.0. The van der Waals surface area contributed by atoms with Gasteiger partial charge >= 0.3 is 0 Å². The summed E-state index contributed by atoms with van der Waals surface area (Å²) in [4.78, 5) is 12.2. The zero-order chi connectivity index (χ0) is 15.3. The molecular formula is C14H21FN2O2S. The topological polar surface area (TPSA) is 72.2 Å². The van der Waals surface area contributed by atoms with Crippen molar-refractivity contribution in [2.24, 2.45) is 5.92 Å². The Labute approximate surface area is 121 Å². The summed E-state index contributed by atoms with van der Waals surface area (Å²) in [6, 6.07) is 3.66. The van der Waals surface area contributed by atoms with Crippen LogP contribution in [0.1, 0.15) is 27.2 Å². The second-order valence-corrected chi connectivity index (χ2v) is 6.84. The third-order valence-corrected chi connectivity index (χ3v) is 4.56. The van der Waals surface area contributed by atoms with Crippen LogP contribution in [0.2, 0.25) is 0 Å². The third-order valence-electron chi connectivity index (χ3n) is 2.90. The predicted molar refractivity (Wildman–Crippen MR) is 79.1 cm³/mol. The summed E-state index contributed by atoms with van der Waals surface area (Å²) in [5, 5.41) is 2.02. The van der Waals surface area contributed by atoms with E-state index in [0.717, 1.165) is 12.5 Å². The van der Waals surface area contributed by atoms with Crippen LogP contribution in [0.15, 0.2) is 23.1 Å². The Morgan fingerprint density at radius 1 is 1.40 bits per heavy atom. The zero-order valence-corrected chi connectivity index (χ0v) is 12.8. The number of hydrogen-bond acceptors (Lipinski definition) is 3. The molecule has 0 fully saturated rings. The van der Waals surface area contributed by atoms with Gasteiger partial charge in [0, 0.05) is 6.54 Å². The van der Waals surface area contributed by atoms with E-state index >= 15 is 0 Å². The molecule has 4 nitrogen and oxygen atoms in total. The average Bonchev–Trinajstić information content (AvgIpc) is 2.36. The standard InChI is InChI=1S/C14H21FN2O2S/c1-9(2)6-7-17-14(18)10(3)20(19)13-5-4-11(15)8-12(13)16/h4-5,8-10H,6-7,16H2,1-3H3,(H,17,18). The van der Waals surface area contributed by atoms with Crippen molar-refractivity contribution in [3.63, 3.8) is 0 Å². The number of carbonyl (C=O) groups excluding carboxylic acids is 1. The molecule has 0 heterocycles. The van der Waals surface area contributed by atoms with Gasteiger partial charge in [-0.2, -0.15) is 0 Å². The average molecular weight is 300 g/mol. The van der Waals surface area contributed by atoms with Crippen LogP contribution in [-0.4, -0.2) is 21.9 Å². The maximum absolute atomic E-state index is 13.0. The van der Waals surface area contributed by atoms with Gasteiger partial charge in [0.2, 0.25) is 5.91 Å². The van der Waals surface area contributed by atoms with Crippen LogP contribution in [0, 0.1) is 11.7 Å². The van der Waals surface area contributed by atoms with E-state index in [2.05, 4.69) is 19.2 Å². The summed E-state index contributed by atoms with van der Waals surface area (Å²) in [5.41, 5.74) is 5.74. The highest BCUT2D eigenvalue weighted by Crippen LogP contribution is 2.20. The Morgan fingerprint density at radius 3 is 2.60 bits per heavy atom. The molecule has 2 atom stereocenters. The first-order valence-corrected chi connectivity index (χ1v) is 7.77. The fourth-order valence-electron chi connectivity index (χ4n) is 1.62. The molecule has 1 rings (SSSR count). The summed E-state index contributed by atoms with van der Waals surface area (Å²) in [7, 11) is -1.60. The lowest BCUT2D eigenvalue weighted by molar-refractivity contribution is -0.120. The number of amides is 1. The van der Waals surface area contributed by atoms with E-state index in [1.165, 1.54) is 12.1 Å². The van der Waals surface area contributed by atoms with Crippen molar-refractivity contribution in [1.82, 2.24) is 5.32 Å². The van der Waals surface area contributed by atoms with E-state index in [0.29, 0.717) is 12.5 Å². The molecule has 1 amide bonds. The molecule has 6 heteroatoms. The summed E-state index contributed by atoms with van der Waals surface area (Å²) in [6.07, 6.45) is 0.865. The van der Waals surface area contributed by atoms with Crippen LogP contribution in [-0.2, 0) is 15.6 Å². The molecule has 0 saturated heterocycles. The van der Waals surface area contributed by atoms with Crippen LogP contribution in [0.4, 0.5) is 10.1 Å². The highest BCUT2D eigenvalue weighted by Gasteiger charge is 2.22. The fourth-order valence-corrected chi connectivity index (χ4v) is 2.77. The van der Waals surface area contributed by atoms with E-state index < -0.39 is 21.9 Å². The van der Waals surface area contributed by atoms with Crippen LogP contribution in [0.5, 0.6) is 0 Å². The number of carbonyl (C=O) groups is 1. The molecule has 0 aliphatic rings. The maximum Gasteiger partial charge on any atom is 0.235 e. The number of rotatable bonds is 6. The smallest absolute Gasteiger partial charge is 0.235 e. The van der Waals surface area contributed by atoms with E-state index in [1.54, 1.807) is 6.92 Å². The number of anilines is 1. The van der Waals surface area contributed by atoms with E-state index in [-0.39, 0.29) is 16.5 Å². The van der Waals surface area contributed by atoms with Crippen molar-refractivity contribution >= 4 is 22.4 Å². The van der Waals surface area contributed by atoms with Gasteiger partial charge in [-0.3, -0.25) is 9.00 Å². The number of hydrogen-bond donors (Lipinski definition) is 2. The second kappa shape index (κ2) is 7.38. The van der Waals surface area contributed by atoms with Crippen LogP contribution in [0.25, 0.3) is 0 Å². The van der Waals surface area contributed by atoms with Gasteiger partial charge in [0.25, 0.3) is 0 Å². The Kier molecular flexibility index (Phi) is 6.13. The monoisotopic (exact) mass is 300 g/mol. The minimum Gasteiger partial charge on any atom is -0.398 e. The van der Waals surface area contributed by atoms with Crippen molar-refractivity contribution in [2.75, 3.05) is 12.3 Å². The Hall–Kier alpha value is -1.43. The van der Waals surface area contributed by atoms with Crippen molar-refractivity contribution in [1.29, 1.82) is 0 Å². The molecule has 2 unspecified atom stereocenters. The fraction of sp³-hybridized carbons (Fsp3) is 0.500. The quantitative estimate of drug-likeness (QED) is 0.790. The minimum absolute atomic E-state index is 0.102. The summed E-state index contributed by atoms with van der Waals surface area (Å²) >= 11 is 0. The number of nitrogens with two attached hydrogens (primary N) is 1. The third kappa shape index (κ3) is 4.59. The first kappa shape index (κ1) is 16.6. The largest absolute Gasteiger partial charge is 0.398 e. The number of nitrogens with one attached hydrogen (secondary N) is 1. The molecule has 0 saturated carbocycles. The molecule has 0 aliphatic heterocycles. The van der Waals surface area contributed by atoms with Crippen LogP contribution >= 0.6 is 0 Å². The normalized spacial score (nSPS) is 14.1. The number of halogens is 1. The number of benzene rings is 1. The highest BCUT2D eigenvalue weighted by molar-refractivity contribution is 7.86. The minimum atomic E-state index is -1.60. The van der Waals surface area contributed by atoms with Gasteiger partial charge in [0.1, 0.15) is 11.1 Å². The Morgan fingerprint density at radius 2 is 2.05 bits per heavy atom. The van der Waals surface area contributed by atoms with Crippen molar-refractivity contribution in [2.45, 2.75) is 37.3 Å². The molecule has 0 spiro atoms. The lowest BCUT2D eigenvalue weighted by atomic mass is 10.1. The SMILES string of the molecule is CC(C)CCNC(=O)C(C)S(=O)c1ccc(F)cc1N. The summed E-state index contributed by atoms with van der Waals surface area (Å²) in [5.74, 6) is -0.283. The molecular weight excluding hydrogens is 279 g/mol. The van der Waals surface area contributed by atoms with E-state index in [4.69, 9.17) is 5.73 Å². The number of nitrogen functional groups attached to an aromatic ring is 1. The molecule has 3 N–H and O–H groups in total. The Bertz CT molecular complexity index is 506. The molecule has 20 heavy (non-hydrogen) atoms. The van der Waals surface area contributed by atoms with E-state index in [9.17, 15) is 13.4 Å². The predicted octanol–water partition coefficient (Wildman–Crippen LogP) is 2.07. The lowest BCUT2D eigenvalue weighted by Gasteiger charge is -2.14. The first-order valence-electron chi connectivity index (χ1n) is 6.56.